The Morgan fingerprint density at radius 2 is 1.00 bits per heavy atom. The van der Waals surface area contributed by atoms with Crippen LogP contribution in [-0.2, 0) is 9.47 Å². The Bertz CT molecular complexity index is 591. The Morgan fingerprint density at radius 1 is 0.682 bits per heavy atom. The lowest BCUT2D eigenvalue weighted by atomic mass is 10.2. The van der Waals surface area contributed by atoms with Gasteiger partial charge in [-0.15, -0.1) is 0 Å². The van der Waals surface area contributed by atoms with E-state index in [1.54, 1.807) is 45.9 Å². The average molecular weight is 334 g/mol. The van der Waals surface area contributed by atoms with Crippen LogP contribution in [-0.4, -0.2) is 26.2 Å². The molecule has 4 nitrogen and oxygen atoms in total. The first-order chi connectivity index (χ1) is 10.6. The summed E-state index contributed by atoms with van der Waals surface area (Å²) < 4.78 is 9.31. The monoisotopic (exact) mass is 334 g/mol. The molecule has 0 bridgehead atoms. The molecule has 22 heavy (non-hydrogen) atoms. The summed E-state index contributed by atoms with van der Waals surface area (Å²) in [5.74, 6) is -0.690. The fraction of sp³-hybridized carbons (Fsp3) is 0.125. The highest BCUT2D eigenvalue weighted by Gasteiger charge is 2.06. The van der Waals surface area contributed by atoms with E-state index in [0.29, 0.717) is 11.1 Å². The molecule has 2 aromatic carbocycles. The topological polar surface area (TPSA) is 52.6 Å². The Kier molecular flexibility index (Phi) is 5.91. The Labute approximate surface area is 136 Å². The zero-order valence-electron chi connectivity index (χ0n) is 12.1. The second kappa shape index (κ2) is 7.91. The van der Waals surface area contributed by atoms with Gasteiger partial charge < -0.3 is 9.47 Å². The van der Waals surface area contributed by atoms with E-state index in [1.165, 1.54) is 14.2 Å². The molecule has 0 spiro atoms. The summed E-state index contributed by atoms with van der Waals surface area (Å²) in [7, 11) is 5.86. The lowest BCUT2D eigenvalue weighted by molar-refractivity contribution is 0.0592. The number of methoxy groups -OCH3 is 2. The third kappa shape index (κ3) is 4.29. The van der Waals surface area contributed by atoms with Gasteiger partial charge in [0.25, 0.3) is 0 Å². The lowest BCUT2D eigenvalue weighted by Crippen LogP contribution is -2.00. The van der Waals surface area contributed by atoms with Crippen LogP contribution < -0.4 is 0 Å². The van der Waals surface area contributed by atoms with Gasteiger partial charge in [0.05, 0.1) is 25.3 Å². The maximum Gasteiger partial charge on any atom is 0.337 e. The molecular formula is C16H14O4S2. The Morgan fingerprint density at radius 3 is 1.27 bits per heavy atom. The molecule has 0 N–H and O–H groups in total. The van der Waals surface area contributed by atoms with Crippen molar-refractivity contribution in [2.24, 2.45) is 0 Å². The number of carbonyl (C=O) groups excluding carboxylic acids is 2. The van der Waals surface area contributed by atoms with Crippen molar-refractivity contribution in [1.29, 1.82) is 0 Å². The highest BCUT2D eigenvalue weighted by Crippen LogP contribution is 2.37. The minimum absolute atomic E-state index is 0.345. The summed E-state index contributed by atoms with van der Waals surface area (Å²) in [6.45, 7) is 0. The number of ether oxygens (including phenoxy) is 2. The van der Waals surface area contributed by atoms with Crippen LogP contribution in [0, 0.1) is 0 Å². The molecule has 0 saturated heterocycles. The number of benzene rings is 2. The summed E-state index contributed by atoms with van der Waals surface area (Å²) in [5.41, 5.74) is 1.05. The standard InChI is InChI=1S/C16H14O4S2/c1-19-15(17)11-3-7-13(8-4-11)21-22-14-9-5-12(6-10-14)16(18)20-2/h3-10H,1-2H3. The molecule has 0 amide bonds. The number of esters is 2. The smallest absolute Gasteiger partial charge is 0.337 e. The van der Waals surface area contributed by atoms with E-state index in [1.807, 2.05) is 24.3 Å². The van der Waals surface area contributed by atoms with Crippen LogP contribution in [0.4, 0.5) is 0 Å². The van der Waals surface area contributed by atoms with Crippen molar-refractivity contribution in [1.82, 2.24) is 0 Å². The first-order valence-electron chi connectivity index (χ1n) is 6.35. The summed E-state index contributed by atoms with van der Waals surface area (Å²) in [6, 6.07) is 14.4. The normalized spacial score (nSPS) is 10.1. The van der Waals surface area contributed by atoms with Gasteiger partial charge in [-0.2, -0.15) is 0 Å². The molecule has 0 radical (unpaired) electrons. The maximum absolute atomic E-state index is 11.3. The van der Waals surface area contributed by atoms with Gasteiger partial charge in [0, 0.05) is 9.79 Å². The van der Waals surface area contributed by atoms with Crippen molar-refractivity contribution in [3.8, 4) is 0 Å². The van der Waals surface area contributed by atoms with Gasteiger partial charge in [-0.3, -0.25) is 0 Å². The second-order valence-electron chi connectivity index (χ2n) is 4.20. The molecule has 6 heteroatoms. The van der Waals surface area contributed by atoms with Crippen LogP contribution in [0.2, 0.25) is 0 Å². The van der Waals surface area contributed by atoms with Gasteiger partial charge >= 0.3 is 11.9 Å². The molecule has 2 rings (SSSR count). The molecule has 0 saturated carbocycles. The molecule has 0 aliphatic rings. The molecule has 2 aromatic rings. The van der Waals surface area contributed by atoms with Gasteiger partial charge in [-0.1, -0.05) is 21.6 Å². The van der Waals surface area contributed by atoms with E-state index in [9.17, 15) is 9.59 Å². The summed E-state index contributed by atoms with van der Waals surface area (Å²) in [5, 5.41) is 0. The summed E-state index contributed by atoms with van der Waals surface area (Å²) in [4.78, 5) is 24.7. The van der Waals surface area contributed by atoms with Gasteiger partial charge in [0.15, 0.2) is 0 Å². The predicted octanol–water partition coefficient (Wildman–Crippen LogP) is 4.06. The predicted molar refractivity (Wildman–Crippen MR) is 87.3 cm³/mol. The van der Waals surface area contributed by atoms with Gasteiger partial charge in [0.2, 0.25) is 0 Å². The van der Waals surface area contributed by atoms with Crippen molar-refractivity contribution in [2.75, 3.05) is 14.2 Å². The van der Waals surface area contributed by atoms with Crippen molar-refractivity contribution >= 4 is 33.5 Å². The van der Waals surface area contributed by atoms with Crippen LogP contribution in [0.1, 0.15) is 20.7 Å². The molecule has 0 aliphatic heterocycles. The fourth-order valence-corrected chi connectivity index (χ4v) is 3.56. The average Bonchev–Trinajstić information content (AvgIpc) is 2.59. The van der Waals surface area contributed by atoms with Crippen LogP contribution >= 0.6 is 21.6 Å². The van der Waals surface area contributed by atoms with Gasteiger partial charge in [-0.25, -0.2) is 9.59 Å². The van der Waals surface area contributed by atoms with Crippen molar-refractivity contribution in [3.05, 3.63) is 59.7 Å². The van der Waals surface area contributed by atoms with Crippen LogP contribution in [0.5, 0.6) is 0 Å². The molecule has 114 valence electrons. The van der Waals surface area contributed by atoms with E-state index < -0.39 is 0 Å². The second-order valence-corrected chi connectivity index (χ2v) is 6.47. The number of hydrogen-bond donors (Lipinski definition) is 0. The van der Waals surface area contributed by atoms with Crippen LogP contribution in [0.25, 0.3) is 0 Å². The largest absolute Gasteiger partial charge is 0.465 e. The first-order valence-corrected chi connectivity index (χ1v) is 8.50. The number of rotatable bonds is 5. The van der Waals surface area contributed by atoms with Gasteiger partial charge in [-0.05, 0) is 48.5 Å². The molecule has 0 heterocycles. The first kappa shape index (κ1) is 16.5. The van der Waals surface area contributed by atoms with Crippen molar-refractivity contribution < 1.29 is 19.1 Å². The quantitative estimate of drug-likeness (QED) is 0.607. The van der Waals surface area contributed by atoms with Gasteiger partial charge in [0.1, 0.15) is 0 Å². The lowest BCUT2D eigenvalue weighted by Gasteiger charge is -2.04. The van der Waals surface area contributed by atoms with Crippen LogP contribution in [0.15, 0.2) is 58.3 Å². The molecule has 0 aliphatic carbocycles. The number of carbonyl (C=O) groups is 2. The minimum Gasteiger partial charge on any atom is -0.465 e. The zero-order valence-corrected chi connectivity index (χ0v) is 13.7. The highest BCUT2D eigenvalue weighted by molar-refractivity contribution is 8.76. The third-order valence-electron chi connectivity index (χ3n) is 2.78. The molecule has 0 unspecified atom stereocenters. The third-order valence-corrected chi connectivity index (χ3v) is 5.20. The molecule has 0 fully saturated rings. The van der Waals surface area contributed by atoms with Crippen LogP contribution in [0.3, 0.4) is 0 Å². The van der Waals surface area contributed by atoms with E-state index in [2.05, 4.69) is 9.47 Å². The van der Waals surface area contributed by atoms with E-state index in [0.717, 1.165) is 9.79 Å². The van der Waals surface area contributed by atoms with E-state index in [4.69, 9.17) is 0 Å². The van der Waals surface area contributed by atoms with Crippen molar-refractivity contribution in [3.63, 3.8) is 0 Å². The van der Waals surface area contributed by atoms with E-state index in [-0.39, 0.29) is 11.9 Å². The molecular weight excluding hydrogens is 320 g/mol. The molecule has 0 atom stereocenters. The number of hydrogen-bond acceptors (Lipinski definition) is 6. The fourth-order valence-electron chi connectivity index (χ4n) is 1.63. The van der Waals surface area contributed by atoms with E-state index >= 15 is 0 Å². The van der Waals surface area contributed by atoms with Crippen molar-refractivity contribution in [2.45, 2.75) is 9.79 Å². The minimum atomic E-state index is -0.345. The SMILES string of the molecule is COC(=O)c1ccc(SSc2ccc(C(=O)OC)cc2)cc1. The zero-order chi connectivity index (χ0) is 15.9. The summed E-state index contributed by atoms with van der Waals surface area (Å²) in [6.07, 6.45) is 0. The Hall–Kier alpha value is -1.92. The Balaban J connectivity index is 1.95. The summed E-state index contributed by atoms with van der Waals surface area (Å²) >= 11 is 0. The maximum atomic E-state index is 11.3. The highest BCUT2D eigenvalue weighted by atomic mass is 33.1. The molecule has 0 aromatic heterocycles.